The average molecular weight is 474 g/mol. The lowest BCUT2D eigenvalue weighted by Gasteiger charge is -2.33. The summed E-state index contributed by atoms with van der Waals surface area (Å²) in [7, 11) is 1.81. The van der Waals surface area contributed by atoms with Gasteiger partial charge < -0.3 is 15.5 Å². The molecule has 8 nitrogen and oxygen atoms in total. The number of rotatable bonds is 5. The van der Waals surface area contributed by atoms with Crippen molar-refractivity contribution in [3.63, 3.8) is 0 Å². The number of nitrogens with zero attached hydrogens (tertiary/aromatic N) is 5. The molecule has 1 aromatic carbocycles. The van der Waals surface area contributed by atoms with Crippen molar-refractivity contribution < 1.29 is 18.0 Å². The minimum absolute atomic E-state index is 0.0248. The Balaban J connectivity index is 1.55. The van der Waals surface area contributed by atoms with E-state index in [-0.39, 0.29) is 19.1 Å². The second-order valence-electron chi connectivity index (χ2n) is 8.57. The molecule has 2 N–H and O–H groups in total. The molecule has 0 spiro atoms. The van der Waals surface area contributed by atoms with E-state index in [2.05, 4.69) is 31.8 Å². The number of likely N-dealkylation sites (tertiary alicyclic amines) is 1. The predicted octanol–water partition coefficient (Wildman–Crippen LogP) is 4.20. The number of piperidine rings is 1. The quantitative estimate of drug-likeness (QED) is 0.578. The molecule has 3 heterocycles. The summed E-state index contributed by atoms with van der Waals surface area (Å²) in [5.74, 6) is -0.843. The summed E-state index contributed by atoms with van der Waals surface area (Å²) in [6.07, 6.45) is 1.13. The highest BCUT2D eigenvalue weighted by atomic mass is 19.4. The Morgan fingerprint density at radius 3 is 2.35 bits per heavy atom. The monoisotopic (exact) mass is 473 g/mol. The van der Waals surface area contributed by atoms with E-state index < -0.39 is 12.1 Å². The van der Waals surface area contributed by atoms with Crippen LogP contribution in [0, 0.1) is 13.8 Å². The highest BCUT2D eigenvalue weighted by Gasteiger charge is 2.43. The number of carbonyl (C=O) groups excluding carboxylic acids is 1. The Bertz CT molecular complexity index is 1160. The molecule has 0 radical (unpaired) electrons. The van der Waals surface area contributed by atoms with Crippen molar-refractivity contribution in [3.8, 4) is 11.1 Å². The lowest BCUT2D eigenvalue weighted by atomic mass is 10.0. The van der Waals surface area contributed by atoms with E-state index in [4.69, 9.17) is 0 Å². The zero-order valence-corrected chi connectivity index (χ0v) is 19.1. The Kier molecular flexibility index (Phi) is 6.45. The number of carbonyl (C=O) groups is 1. The maximum Gasteiger partial charge on any atom is 0.471 e. The molecular formula is C23H26F3N7O. The SMILES string of the molecule is Cc1cc(C)cc(Nc2ncc(-c3cnn(C)c3)c(NC3CCN(C(=O)C(F)(F)F)CC3)n2)c1. The maximum absolute atomic E-state index is 12.8. The highest BCUT2D eigenvalue weighted by molar-refractivity contribution is 5.82. The van der Waals surface area contributed by atoms with Crippen molar-refractivity contribution in [1.29, 1.82) is 0 Å². The number of anilines is 3. The molecule has 11 heteroatoms. The summed E-state index contributed by atoms with van der Waals surface area (Å²) >= 11 is 0. The molecule has 1 aliphatic heterocycles. The lowest BCUT2D eigenvalue weighted by molar-refractivity contribution is -0.186. The highest BCUT2D eigenvalue weighted by Crippen LogP contribution is 2.30. The van der Waals surface area contributed by atoms with Gasteiger partial charge in [0.25, 0.3) is 0 Å². The molecule has 2 aromatic heterocycles. The van der Waals surface area contributed by atoms with E-state index in [1.54, 1.807) is 24.1 Å². The standard InChI is InChI=1S/C23H26F3N7O/c1-14-8-15(2)10-18(9-14)30-22-27-12-19(16-11-28-32(3)13-16)20(31-22)29-17-4-6-33(7-5-17)21(34)23(24,25)26/h8-13,17H,4-7H2,1-3H3,(H2,27,29,30,31). The number of benzene rings is 1. The first-order valence-electron chi connectivity index (χ1n) is 10.9. The van der Waals surface area contributed by atoms with Crippen LogP contribution in [-0.2, 0) is 11.8 Å². The number of amides is 1. The van der Waals surface area contributed by atoms with E-state index in [0.717, 1.165) is 32.8 Å². The van der Waals surface area contributed by atoms with Crippen LogP contribution in [-0.4, -0.2) is 55.9 Å². The molecule has 1 amide bonds. The lowest BCUT2D eigenvalue weighted by Crippen LogP contribution is -2.47. The van der Waals surface area contributed by atoms with Crippen molar-refractivity contribution in [2.75, 3.05) is 23.7 Å². The van der Waals surface area contributed by atoms with Crippen molar-refractivity contribution in [1.82, 2.24) is 24.6 Å². The number of aryl methyl sites for hydroxylation is 3. The van der Waals surface area contributed by atoms with Crippen LogP contribution in [0.3, 0.4) is 0 Å². The molecule has 34 heavy (non-hydrogen) atoms. The van der Waals surface area contributed by atoms with Gasteiger partial charge >= 0.3 is 12.1 Å². The van der Waals surface area contributed by atoms with Crippen molar-refractivity contribution in [3.05, 3.63) is 47.9 Å². The molecule has 3 aromatic rings. The van der Waals surface area contributed by atoms with Gasteiger partial charge in [0.1, 0.15) is 5.82 Å². The number of hydrogen-bond acceptors (Lipinski definition) is 6. The molecule has 0 bridgehead atoms. The first kappa shape index (κ1) is 23.5. The van der Waals surface area contributed by atoms with Crippen LogP contribution in [0.15, 0.2) is 36.8 Å². The number of halogens is 3. The molecule has 1 fully saturated rings. The number of hydrogen-bond donors (Lipinski definition) is 2. The Labute approximate surface area is 195 Å². The molecule has 1 aliphatic rings. The summed E-state index contributed by atoms with van der Waals surface area (Å²) in [5.41, 5.74) is 4.61. The summed E-state index contributed by atoms with van der Waals surface area (Å²) in [4.78, 5) is 21.5. The van der Waals surface area contributed by atoms with Crippen LogP contribution in [0.2, 0.25) is 0 Å². The van der Waals surface area contributed by atoms with Crippen LogP contribution < -0.4 is 10.6 Å². The van der Waals surface area contributed by atoms with Crippen molar-refractivity contribution in [2.24, 2.45) is 7.05 Å². The van der Waals surface area contributed by atoms with E-state index in [9.17, 15) is 18.0 Å². The number of nitrogens with one attached hydrogen (secondary N) is 2. The topological polar surface area (TPSA) is 88.0 Å². The summed E-state index contributed by atoms with van der Waals surface area (Å²) in [5, 5.41) is 10.8. The Morgan fingerprint density at radius 1 is 1.09 bits per heavy atom. The summed E-state index contributed by atoms with van der Waals surface area (Å²) in [6, 6.07) is 5.91. The van der Waals surface area contributed by atoms with Crippen LogP contribution in [0.1, 0.15) is 24.0 Å². The van der Waals surface area contributed by atoms with E-state index in [1.165, 1.54) is 0 Å². The number of alkyl halides is 3. The van der Waals surface area contributed by atoms with Crippen molar-refractivity contribution in [2.45, 2.75) is 38.9 Å². The summed E-state index contributed by atoms with van der Waals surface area (Å²) < 4.78 is 39.9. The molecule has 1 saturated heterocycles. The minimum atomic E-state index is -4.85. The third-order valence-electron chi connectivity index (χ3n) is 5.65. The van der Waals surface area contributed by atoms with Crippen molar-refractivity contribution >= 4 is 23.4 Å². The molecular weight excluding hydrogens is 447 g/mol. The zero-order chi connectivity index (χ0) is 24.5. The number of aromatic nitrogens is 4. The first-order chi connectivity index (χ1) is 16.1. The largest absolute Gasteiger partial charge is 0.471 e. The second kappa shape index (κ2) is 9.32. The van der Waals surface area contributed by atoms with Crippen LogP contribution in [0.25, 0.3) is 11.1 Å². The fourth-order valence-electron chi connectivity index (χ4n) is 4.10. The molecule has 0 atom stereocenters. The van der Waals surface area contributed by atoms with Gasteiger partial charge in [-0.2, -0.15) is 23.3 Å². The van der Waals surface area contributed by atoms with E-state index >= 15 is 0 Å². The van der Waals surface area contributed by atoms with Gasteiger partial charge in [0.05, 0.1) is 6.20 Å². The van der Waals surface area contributed by atoms with Gasteiger partial charge in [-0.25, -0.2) is 4.98 Å². The van der Waals surface area contributed by atoms with E-state index in [1.807, 2.05) is 32.2 Å². The first-order valence-corrected chi connectivity index (χ1v) is 10.9. The molecule has 4 rings (SSSR count). The molecule has 0 saturated carbocycles. The zero-order valence-electron chi connectivity index (χ0n) is 19.1. The van der Waals surface area contributed by atoms with Gasteiger partial charge in [-0.3, -0.25) is 9.48 Å². The maximum atomic E-state index is 12.8. The molecule has 0 aliphatic carbocycles. The molecule has 0 unspecified atom stereocenters. The van der Waals surface area contributed by atoms with Crippen LogP contribution >= 0.6 is 0 Å². The van der Waals surface area contributed by atoms with Crippen LogP contribution in [0.5, 0.6) is 0 Å². The average Bonchev–Trinajstić information content (AvgIpc) is 3.18. The smallest absolute Gasteiger partial charge is 0.367 e. The summed E-state index contributed by atoms with van der Waals surface area (Å²) in [6.45, 7) is 4.06. The Hall–Kier alpha value is -3.63. The second-order valence-corrected chi connectivity index (χ2v) is 8.57. The fraction of sp³-hybridized carbons (Fsp3) is 0.391. The van der Waals surface area contributed by atoms with E-state index in [0.29, 0.717) is 24.6 Å². The fourth-order valence-corrected chi connectivity index (χ4v) is 4.10. The Morgan fingerprint density at radius 2 is 1.76 bits per heavy atom. The normalized spacial score (nSPS) is 14.8. The van der Waals surface area contributed by atoms with Gasteiger partial charge in [-0.1, -0.05) is 6.07 Å². The van der Waals surface area contributed by atoms with Gasteiger partial charge in [-0.15, -0.1) is 0 Å². The molecule has 180 valence electrons. The van der Waals surface area contributed by atoms with Gasteiger partial charge in [0.15, 0.2) is 0 Å². The minimum Gasteiger partial charge on any atom is -0.367 e. The van der Waals surface area contributed by atoms with Gasteiger partial charge in [0, 0.05) is 55.4 Å². The van der Waals surface area contributed by atoms with Gasteiger partial charge in [0.2, 0.25) is 5.95 Å². The third kappa shape index (κ3) is 5.46. The third-order valence-corrected chi connectivity index (χ3v) is 5.65. The van der Waals surface area contributed by atoms with Crippen LogP contribution in [0.4, 0.5) is 30.6 Å². The van der Waals surface area contributed by atoms with Gasteiger partial charge in [-0.05, 0) is 49.9 Å². The predicted molar refractivity (Wildman–Crippen MR) is 123 cm³/mol.